The first-order chi connectivity index (χ1) is 12.1. The third-order valence-electron chi connectivity index (χ3n) is 3.78. The van der Waals surface area contributed by atoms with Crippen molar-refractivity contribution in [2.75, 3.05) is 0 Å². The van der Waals surface area contributed by atoms with Gasteiger partial charge in [0.2, 0.25) is 5.90 Å². The Labute approximate surface area is 143 Å². The van der Waals surface area contributed by atoms with Crippen molar-refractivity contribution >= 4 is 17.9 Å². The standard InChI is InChI=1S/C19H14N2O4/c1-11-8-9-14(23-11)10-15-19(22)24-18(20-15)16-12(2)25-21-17(16)13-6-4-3-5-7-13/h3-10H,1-2H3. The molecule has 0 aliphatic carbocycles. The predicted molar refractivity (Wildman–Crippen MR) is 90.7 cm³/mol. The van der Waals surface area contributed by atoms with Gasteiger partial charge in [0, 0.05) is 11.6 Å². The molecule has 124 valence electrons. The van der Waals surface area contributed by atoms with Gasteiger partial charge in [-0.2, -0.15) is 0 Å². The Morgan fingerprint density at radius 2 is 1.84 bits per heavy atom. The topological polar surface area (TPSA) is 77.8 Å². The predicted octanol–water partition coefficient (Wildman–Crippen LogP) is 3.90. The van der Waals surface area contributed by atoms with E-state index in [-0.39, 0.29) is 11.6 Å². The number of aromatic nitrogens is 1. The SMILES string of the molecule is Cc1ccc(C=C2N=C(c3c(-c4ccccc4)noc3C)OC2=O)o1. The van der Waals surface area contributed by atoms with Crippen LogP contribution in [0.3, 0.4) is 0 Å². The lowest BCUT2D eigenvalue weighted by atomic mass is 10.1. The van der Waals surface area contributed by atoms with Crippen LogP contribution < -0.4 is 0 Å². The van der Waals surface area contributed by atoms with E-state index in [0.29, 0.717) is 22.8 Å². The highest BCUT2D eigenvalue weighted by molar-refractivity contribution is 6.15. The zero-order valence-electron chi connectivity index (χ0n) is 13.6. The van der Waals surface area contributed by atoms with E-state index in [4.69, 9.17) is 13.7 Å². The minimum atomic E-state index is -0.538. The fourth-order valence-corrected chi connectivity index (χ4v) is 2.60. The van der Waals surface area contributed by atoms with Crippen LogP contribution in [0.4, 0.5) is 0 Å². The van der Waals surface area contributed by atoms with Gasteiger partial charge in [0.25, 0.3) is 0 Å². The van der Waals surface area contributed by atoms with Gasteiger partial charge in [0.15, 0.2) is 5.70 Å². The van der Waals surface area contributed by atoms with E-state index in [9.17, 15) is 4.79 Å². The maximum absolute atomic E-state index is 12.2. The van der Waals surface area contributed by atoms with Gasteiger partial charge in [0.1, 0.15) is 28.5 Å². The second kappa shape index (κ2) is 5.90. The maximum atomic E-state index is 12.2. The van der Waals surface area contributed by atoms with E-state index in [2.05, 4.69) is 10.1 Å². The molecule has 1 aliphatic rings. The number of nitrogens with zero attached hydrogens (tertiary/aromatic N) is 2. The maximum Gasteiger partial charge on any atom is 0.363 e. The van der Waals surface area contributed by atoms with Crippen molar-refractivity contribution < 1.29 is 18.5 Å². The van der Waals surface area contributed by atoms with Crippen molar-refractivity contribution in [2.24, 2.45) is 4.99 Å². The molecule has 0 spiro atoms. The molecule has 0 saturated carbocycles. The number of carbonyl (C=O) groups excluding carboxylic acids is 1. The summed E-state index contributed by atoms with van der Waals surface area (Å²) in [5.74, 6) is 1.46. The van der Waals surface area contributed by atoms with Crippen molar-refractivity contribution in [1.82, 2.24) is 5.16 Å². The van der Waals surface area contributed by atoms with E-state index in [1.54, 1.807) is 19.1 Å². The van der Waals surface area contributed by atoms with Crippen molar-refractivity contribution in [3.05, 3.63) is 71.0 Å². The van der Waals surface area contributed by atoms with E-state index in [1.807, 2.05) is 43.3 Å². The van der Waals surface area contributed by atoms with Gasteiger partial charge < -0.3 is 13.7 Å². The fourth-order valence-electron chi connectivity index (χ4n) is 2.60. The quantitative estimate of drug-likeness (QED) is 0.536. The van der Waals surface area contributed by atoms with E-state index in [1.165, 1.54) is 0 Å². The van der Waals surface area contributed by atoms with Crippen LogP contribution in [0.2, 0.25) is 0 Å². The van der Waals surface area contributed by atoms with E-state index in [0.717, 1.165) is 11.3 Å². The molecule has 6 nitrogen and oxygen atoms in total. The summed E-state index contributed by atoms with van der Waals surface area (Å²) in [6, 6.07) is 13.1. The third-order valence-corrected chi connectivity index (χ3v) is 3.78. The summed E-state index contributed by atoms with van der Waals surface area (Å²) in [7, 11) is 0. The molecule has 3 heterocycles. The number of esters is 1. The molecule has 0 unspecified atom stereocenters. The van der Waals surface area contributed by atoms with Gasteiger partial charge in [-0.05, 0) is 26.0 Å². The van der Waals surface area contributed by atoms with E-state index >= 15 is 0 Å². The minimum Gasteiger partial charge on any atom is -0.462 e. The molecular weight excluding hydrogens is 320 g/mol. The number of aliphatic imine (C=N–C) groups is 1. The highest BCUT2D eigenvalue weighted by Gasteiger charge is 2.30. The second-order valence-corrected chi connectivity index (χ2v) is 5.61. The van der Waals surface area contributed by atoms with E-state index < -0.39 is 5.97 Å². The summed E-state index contributed by atoms with van der Waals surface area (Å²) in [5.41, 5.74) is 2.18. The fraction of sp³-hybridized carbons (Fsp3) is 0.105. The number of ether oxygens (including phenoxy) is 1. The number of carbonyl (C=O) groups is 1. The first-order valence-corrected chi connectivity index (χ1v) is 7.73. The molecule has 3 aromatic rings. The summed E-state index contributed by atoms with van der Waals surface area (Å²) in [6.45, 7) is 3.58. The summed E-state index contributed by atoms with van der Waals surface area (Å²) >= 11 is 0. The molecular formula is C19H14N2O4. The number of aryl methyl sites for hydroxylation is 2. The molecule has 4 rings (SSSR count). The number of furan rings is 1. The zero-order chi connectivity index (χ0) is 17.4. The lowest BCUT2D eigenvalue weighted by molar-refractivity contribution is -0.129. The van der Waals surface area contributed by atoms with Crippen molar-refractivity contribution in [2.45, 2.75) is 13.8 Å². The van der Waals surface area contributed by atoms with Crippen molar-refractivity contribution in [1.29, 1.82) is 0 Å². The van der Waals surface area contributed by atoms with Crippen molar-refractivity contribution in [3.63, 3.8) is 0 Å². The Balaban J connectivity index is 1.76. The van der Waals surface area contributed by atoms with Gasteiger partial charge in [-0.1, -0.05) is 35.5 Å². The molecule has 0 bridgehead atoms. The Morgan fingerprint density at radius 3 is 2.56 bits per heavy atom. The van der Waals surface area contributed by atoms with Gasteiger partial charge in [-0.3, -0.25) is 0 Å². The highest BCUT2D eigenvalue weighted by atomic mass is 16.6. The van der Waals surface area contributed by atoms with Gasteiger partial charge in [-0.25, -0.2) is 9.79 Å². The Bertz CT molecular complexity index is 1010. The summed E-state index contributed by atoms with van der Waals surface area (Å²) in [4.78, 5) is 16.5. The molecule has 2 aromatic heterocycles. The molecule has 1 aromatic carbocycles. The first-order valence-electron chi connectivity index (χ1n) is 7.73. The molecule has 0 atom stereocenters. The van der Waals surface area contributed by atoms with Crippen molar-refractivity contribution in [3.8, 4) is 11.3 Å². The average Bonchev–Trinajstić information content (AvgIpc) is 3.29. The Morgan fingerprint density at radius 1 is 1.04 bits per heavy atom. The largest absolute Gasteiger partial charge is 0.462 e. The van der Waals surface area contributed by atoms with Gasteiger partial charge >= 0.3 is 5.97 Å². The highest BCUT2D eigenvalue weighted by Crippen LogP contribution is 2.29. The molecule has 0 fully saturated rings. The van der Waals surface area contributed by atoms with Crippen LogP contribution in [0.1, 0.15) is 22.8 Å². The Hall–Kier alpha value is -3.41. The van der Waals surface area contributed by atoms with Crippen LogP contribution >= 0.6 is 0 Å². The zero-order valence-corrected chi connectivity index (χ0v) is 13.6. The molecule has 25 heavy (non-hydrogen) atoms. The van der Waals surface area contributed by atoms with Crippen LogP contribution in [0.15, 0.2) is 62.1 Å². The number of rotatable bonds is 3. The van der Waals surface area contributed by atoms with Crippen LogP contribution in [-0.4, -0.2) is 17.0 Å². The molecule has 0 N–H and O–H groups in total. The number of cyclic esters (lactones) is 1. The average molecular weight is 334 g/mol. The monoisotopic (exact) mass is 334 g/mol. The molecule has 1 aliphatic heterocycles. The molecule has 0 amide bonds. The lowest BCUT2D eigenvalue weighted by Gasteiger charge is -2.01. The Kier molecular flexibility index (Phi) is 3.57. The molecule has 0 saturated heterocycles. The second-order valence-electron chi connectivity index (χ2n) is 5.61. The number of benzene rings is 1. The van der Waals surface area contributed by atoms with Crippen LogP contribution in [0, 0.1) is 13.8 Å². The van der Waals surface area contributed by atoms with Crippen LogP contribution in [-0.2, 0) is 9.53 Å². The summed E-state index contributed by atoms with van der Waals surface area (Å²) < 4.78 is 16.1. The lowest BCUT2D eigenvalue weighted by Crippen LogP contribution is -2.07. The van der Waals surface area contributed by atoms with Gasteiger partial charge in [-0.15, -0.1) is 0 Å². The van der Waals surface area contributed by atoms with Gasteiger partial charge in [0.05, 0.1) is 0 Å². The number of hydrogen-bond donors (Lipinski definition) is 0. The first kappa shape index (κ1) is 15.1. The molecule has 0 radical (unpaired) electrons. The van der Waals surface area contributed by atoms with Crippen LogP contribution in [0.5, 0.6) is 0 Å². The third kappa shape index (κ3) is 2.78. The summed E-state index contributed by atoms with van der Waals surface area (Å²) in [6.07, 6.45) is 1.55. The number of hydrogen-bond acceptors (Lipinski definition) is 6. The minimum absolute atomic E-state index is 0.170. The normalized spacial score (nSPS) is 15.5. The molecule has 6 heteroatoms. The van der Waals surface area contributed by atoms with Crippen LogP contribution in [0.25, 0.3) is 17.3 Å². The smallest absolute Gasteiger partial charge is 0.363 e. The summed E-state index contributed by atoms with van der Waals surface area (Å²) in [5, 5.41) is 4.08.